The Morgan fingerprint density at radius 1 is 0.467 bits per heavy atom. The summed E-state index contributed by atoms with van der Waals surface area (Å²) in [6, 6.07) is 0. The fourth-order valence-electron chi connectivity index (χ4n) is 2.91. The molecule has 174 valence electrons. The Kier molecular flexibility index (Phi) is 6.46. The predicted octanol–water partition coefficient (Wildman–Crippen LogP) is 8.29. The van der Waals surface area contributed by atoms with E-state index in [1.165, 1.54) is 0 Å². The molecule has 0 radical (unpaired) electrons. The van der Waals surface area contributed by atoms with Crippen molar-refractivity contribution >= 4 is 0 Å². The van der Waals surface area contributed by atoms with Gasteiger partial charge in [-0.3, -0.25) is 0 Å². The minimum absolute atomic E-state index is 0.438. The van der Waals surface area contributed by atoms with Crippen LogP contribution in [0, 0.1) is 0 Å². The molecular formula is C15H9F15. The molecule has 1 rings (SSSR count). The Bertz CT molecular complexity index is 730. The van der Waals surface area contributed by atoms with Crippen molar-refractivity contribution in [2.24, 2.45) is 0 Å². The van der Waals surface area contributed by atoms with Crippen LogP contribution < -0.4 is 0 Å². The van der Waals surface area contributed by atoms with Crippen LogP contribution >= 0.6 is 0 Å². The van der Waals surface area contributed by atoms with Crippen LogP contribution in [0.25, 0.3) is 0 Å². The molecule has 0 spiro atoms. The zero-order valence-corrected chi connectivity index (χ0v) is 14.5. The summed E-state index contributed by atoms with van der Waals surface area (Å²) in [7, 11) is 0. The van der Waals surface area contributed by atoms with Gasteiger partial charge in [-0.15, -0.1) is 0 Å². The molecule has 1 aromatic rings. The third-order valence-corrected chi connectivity index (χ3v) is 4.06. The van der Waals surface area contributed by atoms with Gasteiger partial charge in [-0.1, -0.05) is 13.8 Å². The van der Waals surface area contributed by atoms with Gasteiger partial charge in [-0.25, -0.2) is 0 Å². The third kappa shape index (κ3) is 4.90. The number of halogens is 15. The van der Waals surface area contributed by atoms with Gasteiger partial charge in [0, 0.05) is 0 Å². The molecular weight excluding hydrogens is 465 g/mol. The maximum atomic E-state index is 13.4. The smallest absolute Gasteiger partial charge is 0.166 e. The van der Waals surface area contributed by atoms with Crippen molar-refractivity contribution in [3.63, 3.8) is 0 Å². The molecule has 15 heteroatoms. The van der Waals surface area contributed by atoms with Gasteiger partial charge in [0.05, 0.1) is 27.8 Å². The van der Waals surface area contributed by atoms with Gasteiger partial charge >= 0.3 is 30.9 Å². The summed E-state index contributed by atoms with van der Waals surface area (Å²) in [4.78, 5) is 0. The highest BCUT2D eigenvalue weighted by Gasteiger charge is 2.60. The summed E-state index contributed by atoms with van der Waals surface area (Å²) < 4.78 is 199. The average molecular weight is 474 g/mol. The molecule has 0 aliphatic rings. The molecule has 1 atom stereocenters. The lowest BCUT2D eigenvalue weighted by atomic mass is 9.79. The Labute approximate surface area is 157 Å². The number of hydrogen-bond donors (Lipinski definition) is 0. The van der Waals surface area contributed by atoms with Crippen molar-refractivity contribution in [1.29, 1.82) is 0 Å². The van der Waals surface area contributed by atoms with E-state index in [0.29, 0.717) is 6.92 Å². The van der Waals surface area contributed by atoms with Gasteiger partial charge < -0.3 is 0 Å². The monoisotopic (exact) mass is 474 g/mol. The van der Waals surface area contributed by atoms with Gasteiger partial charge in [0.15, 0.2) is 0 Å². The van der Waals surface area contributed by atoms with Crippen molar-refractivity contribution in [1.82, 2.24) is 0 Å². The number of hydrogen-bond acceptors (Lipinski definition) is 0. The summed E-state index contributed by atoms with van der Waals surface area (Å²) in [5.41, 5.74) is -21.3. The lowest BCUT2D eigenvalue weighted by Crippen LogP contribution is -2.33. The zero-order chi connectivity index (χ0) is 24.2. The fourth-order valence-corrected chi connectivity index (χ4v) is 2.91. The van der Waals surface area contributed by atoms with Crippen molar-refractivity contribution < 1.29 is 65.9 Å². The van der Waals surface area contributed by atoms with Crippen LogP contribution in [-0.4, -0.2) is 0 Å². The van der Waals surface area contributed by atoms with E-state index < -0.39 is 76.6 Å². The van der Waals surface area contributed by atoms with E-state index in [9.17, 15) is 65.9 Å². The predicted molar refractivity (Wildman–Crippen MR) is 70.2 cm³/mol. The van der Waals surface area contributed by atoms with Gasteiger partial charge in [-0.2, -0.15) is 65.9 Å². The Morgan fingerprint density at radius 3 is 0.833 bits per heavy atom. The molecule has 1 aromatic carbocycles. The highest BCUT2D eigenvalue weighted by atomic mass is 19.4. The molecule has 0 aromatic heterocycles. The molecule has 0 N–H and O–H groups in total. The molecule has 0 nitrogen and oxygen atoms in total. The average Bonchev–Trinajstić information content (AvgIpc) is 2.46. The lowest BCUT2D eigenvalue weighted by molar-refractivity contribution is -0.189. The summed E-state index contributed by atoms with van der Waals surface area (Å²) >= 11 is 0. The second kappa shape index (κ2) is 7.39. The molecule has 30 heavy (non-hydrogen) atoms. The molecule has 1 unspecified atom stereocenters. The molecule has 0 bridgehead atoms. The summed E-state index contributed by atoms with van der Waals surface area (Å²) in [6.07, 6.45) is -34.1. The van der Waals surface area contributed by atoms with E-state index in [1.54, 1.807) is 0 Å². The SMILES string of the molecule is CCC(C)c1c(C(F)(F)F)c(C(F)(F)F)c(C(F)(F)F)c(C(F)(F)F)c1C(F)(F)F. The van der Waals surface area contributed by atoms with Crippen LogP contribution in [0.1, 0.15) is 59.6 Å². The first kappa shape index (κ1) is 26.2. The minimum atomic E-state index is -6.86. The van der Waals surface area contributed by atoms with E-state index >= 15 is 0 Å². The van der Waals surface area contributed by atoms with Crippen LogP contribution in [0.3, 0.4) is 0 Å². The van der Waals surface area contributed by atoms with Gasteiger partial charge in [-0.05, 0) is 17.9 Å². The van der Waals surface area contributed by atoms with Gasteiger partial charge in [0.25, 0.3) is 0 Å². The normalized spacial score (nSPS) is 15.5. The molecule has 0 amide bonds. The third-order valence-electron chi connectivity index (χ3n) is 4.06. The molecule has 0 fully saturated rings. The van der Waals surface area contributed by atoms with Crippen molar-refractivity contribution in [3.8, 4) is 0 Å². The highest BCUT2D eigenvalue weighted by molar-refractivity contribution is 5.58. The second-order valence-electron chi connectivity index (χ2n) is 6.09. The molecule has 0 heterocycles. The van der Waals surface area contributed by atoms with Crippen LogP contribution in [0.2, 0.25) is 0 Å². The van der Waals surface area contributed by atoms with Crippen LogP contribution in [-0.2, 0) is 30.9 Å². The maximum absolute atomic E-state index is 13.4. The van der Waals surface area contributed by atoms with Crippen molar-refractivity contribution in [3.05, 3.63) is 33.4 Å². The first-order valence-corrected chi connectivity index (χ1v) is 7.57. The van der Waals surface area contributed by atoms with Gasteiger partial charge in [0.1, 0.15) is 0 Å². The largest absolute Gasteiger partial charge is 0.417 e. The minimum Gasteiger partial charge on any atom is -0.166 e. The standard InChI is InChI=1S/C15H9F15/c1-3-4(2)5-6(11(16,17)18)8(13(22,23)24)10(15(28,29)30)9(14(25,26)27)7(5)12(19,20)21/h4H,3H2,1-2H3. The second-order valence-corrected chi connectivity index (χ2v) is 6.09. The van der Waals surface area contributed by atoms with E-state index in [4.69, 9.17) is 0 Å². The number of alkyl halides is 15. The summed E-state index contributed by atoms with van der Waals surface area (Å²) in [6.45, 7) is 1.27. The molecule has 0 saturated carbocycles. The Hall–Kier alpha value is -1.83. The fraction of sp³-hybridized carbons (Fsp3) is 0.600. The quantitative estimate of drug-likeness (QED) is 0.379. The highest BCUT2D eigenvalue weighted by Crippen LogP contribution is 2.57. The van der Waals surface area contributed by atoms with E-state index in [0.717, 1.165) is 6.92 Å². The maximum Gasteiger partial charge on any atom is 0.417 e. The Balaban J connectivity index is 4.79. The molecule has 0 aliphatic carbocycles. The number of benzene rings is 1. The van der Waals surface area contributed by atoms with E-state index in [-0.39, 0.29) is 0 Å². The zero-order valence-electron chi connectivity index (χ0n) is 14.5. The van der Waals surface area contributed by atoms with Crippen LogP contribution in [0.4, 0.5) is 65.9 Å². The molecule has 0 saturated heterocycles. The number of rotatable bonds is 2. The van der Waals surface area contributed by atoms with Crippen molar-refractivity contribution in [2.75, 3.05) is 0 Å². The topological polar surface area (TPSA) is 0 Å². The van der Waals surface area contributed by atoms with Gasteiger partial charge in [0.2, 0.25) is 0 Å². The van der Waals surface area contributed by atoms with Crippen molar-refractivity contribution in [2.45, 2.75) is 57.1 Å². The lowest BCUT2D eigenvalue weighted by Gasteiger charge is -2.32. The van der Waals surface area contributed by atoms with Crippen LogP contribution in [0.15, 0.2) is 0 Å². The summed E-state index contributed by atoms with van der Waals surface area (Å²) in [5.74, 6) is -2.26. The van der Waals surface area contributed by atoms with E-state index in [1.807, 2.05) is 0 Å². The molecule has 0 aliphatic heterocycles. The van der Waals surface area contributed by atoms with E-state index in [2.05, 4.69) is 0 Å². The van der Waals surface area contributed by atoms with Crippen LogP contribution in [0.5, 0.6) is 0 Å². The summed E-state index contributed by atoms with van der Waals surface area (Å²) in [5, 5.41) is 0. The first-order chi connectivity index (χ1) is 13.0. The first-order valence-electron chi connectivity index (χ1n) is 7.57. The Morgan fingerprint density at radius 2 is 0.667 bits per heavy atom.